The second kappa shape index (κ2) is 4.92. The van der Waals surface area contributed by atoms with Crippen LogP contribution in [-0.4, -0.2) is 55.6 Å². The van der Waals surface area contributed by atoms with Crippen molar-refractivity contribution in [3.8, 4) is 0 Å². The molecule has 1 N–H and O–H groups in total. The Morgan fingerprint density at radius 1 is 1.44 bits per heavy atom. The largest absolute Gasteiger partial charge is 0.465 e. The number of halogens is 3. The molecule has 0 spiro atoms. The van der Waals surface area contributed by atoms with Gasteiger partial charge in [-0.1, -0.05) is 0 Å². The number of carboxylic acid groups (broad SMARTS) is 1. The van der Waals surface area contributed by atoms with Gasteiger partial charge in [-0.15, -0.1) is 0 Å². The van der Waals surface area contributed by atoms with Crippen molar-refractivity contribution in [1.82, 2.24) is 4.90 Å². The molecule has 1 aliphatic heterocycles. The van der Waals surface area contributed by atoms with Crippen LogP contribution in [0, 0.1) is 0 Å². The number of nitrogens with zero attached hydrogens (tertiary/aromatic N) is 1. The SMILES string of the molecule is CS(=O)(=O)O[C@H]1CCN(C(=O)O)[C@@H](C(F)(F)F)C1. The van der Waals surface area contributed by atoms with E-state index in [0.29, 0.717) is 0 Å². The first kappa shape index (κ1) is 15.0. The van der Waals surface area contributed by atoms with Crippen molar-refractivity contribution in [1.29, 1.82) is 0 Å². The fraction of sp³-hybridized carbons (Fsp3) is 0.875. The van der Waals surface area contributed by atoms with Crippen LogP contribution in [0.4, 0.5) is 18.0 Å². The summed E-state index contributed by atoms with van der Waals surface area (Å²) in [6.45, 7) is -0.417. The third kappa shape index (κ3) is 4.02. The first-order chi connectivity index (χ1) is 8.00. The average molecular weight is 291 g/mol. The molecule has 0 bridgehead atoms. The number of hydrogen-bond acceptors (Lipinski definition) is 4. The Kier molecular flexibility index (Phi) is 4.11. The minimum Gasteiger partial charge on any atom is -0.465 e. The standard InChI is InChI=1S/C8H12F3NO5S/c1-18(15,16)17-5-2-3-12(7(13)14)6(4-5)8(9,10)11/h5-6H,2-4H2,1H3,(H,13,14)/t5-,6+/m0/s1. The van der Waals surface area contributed by atoms with Crippen molar-refractivity contribution in [2.24, 2.45) is 0 Å². The number of hydrogen-bond donors (Lipinski definition) is 1. The molecule has 0 aromatic heterocycles. The highest BCUT2D eigenvalue weighted by Crippen LogP contribution is 2.33. The summed E-state index contributed by atoms with van der Waals surface area (Å²) in [5.41, 5.74) is 0. The molecule has 0 radical (unpaired) electrons. The highest BCUT2D eigenvalue weighted by molar-refractivity contribution is 7.86. The second-order valence-electron chi connectivity index (χ2n) is 3.98. The van der Waals surface area contributed by atoms with Crippen LogP contribution in [0.2, 0.25) is 0 Å². The Labute approximate surface area is 101 Å². The van der Waals surface area contributed by atoms with E-state index in [-0.39, 0.29) is 11.3 Å². The van der Waals surface area contributed by atoms with Crippen LogP contribution in [0.3, 0.4) is 0 Å². The molecule has 1 heterocycles. The van der Waals surface area contributed by atoms with E-state index in [1.54, 1.807) is 0 Å². The molecule has 1 rings (SSSR count). The summed E-state index contributed by atoms with van der Waals surface area (Å²) in [7, 11) is -3.86. The lowest BCUT2D eigenvalue weighted by atomic mass is 9.99. The van der Waals surface area contributed by atoms with Gasteiger partial charge in [0.15, 0.2) is 0 Å². The molecule has 18 heavy (non-hydrogen) atoms. The summed E-state index contributed by atoms with van der Waals surface area (Å²) in [6.07, 6.45) is -7.66. The summed E-state index contributed by atoms with van der Waals surface area (Å²) in [6, 6.07) is -2.24. The molecule has 1 saturated heterocycles. The third-order valence-electron chi connectivity index (χ3n) is 2.49. The molecule has 1 aliphatic rings. The fourth-order valence-corrected chi connectivity index (χ4v) is 2.48. The van der Waals surface area contributed by atoms with Gasteiger partial charge in [0.1, 0.15) is 6.04 Å². The second-order valence-corrected chi connectivity index (χ2v) is 5.58. The van der Waals surface area contributed by atoms with E-state index in [0.717, 1.165) is 6.26 Å². The molecule has 1 fully saturated rings. The van der Waals surface area contributed by atoms with Crippen LogP contribution in [0.5, 0.6) is 0 Å². The zero-order chi connectivity index (χ0) is 14.1. The third-order valence-corrected chi connectivity index (χ3v) is 3.11. The van der Waals surface area contributed by atoms with Crippen LogP contribution >= 0.6 is 0 Å². The highest BCUT2D eigenvalue weighted by atomic mass is 32.2. The predicted molar refractivity (Wildman–Crippen MR) is 53.5 cm³/mol. The Bertz CT molecular complexity index is 421. The van der Waals surface area contributed by atoms with Gasteiger partial charge in [-0.2, -0.15) is 21.6 Å². The van der Waals surface area contributed by atoms with Gasteiger partial charge in [0, 0.05) is 13.0 Å². The van der Waals surface area contributed by atoms with E-state index >= 15 is 0 Å². The van der Waals surface area contributed by atoms with E-state index in [2.05, 4.69) is 4.18 Å². The van der Waals surface area contributed by atoms with Gasteiger partial charge in [0.05, 0.1) is 12.4 Å². The summed E-state index contributed by atoms with van der Waals surface area (Å²) in [4.78, 5) is 10.9. The fourth-order valence-electron chi connectivity index (χ4n) is 1.81. The van der Waals surface area contributed by atoms with Gasteiger partial charge in [0.25, 0.3) is 10.1 Å². The number of piperidine rings is 1. The van der Waals surface area contributed by atoms with Gasteiger partial charge in [0.2, 0.25) is 0 Å². The minimum absolute atomic E-state index is 0.0913. The summed E-state index contributed by atoms with van der Waals surface area (Å²) < 4.78 is 64.1. The Morgan fingerprint density at radius 3 is 2.39 bits per heavy atom. The molecule has 0 aromatic carbocycles. The van der Waals surface area contributed by atoms with Crippen molar-refractivity contribution < 1.29 is 35.7 Å². The molecule has 0 unspecified atom stereocenters. The molecular weight excluding hydrogens is 279 g/mol. The number of carbonyl (C=O) groups is 1. The van der Waals surface area contributed by atoms with Gasteiger partial charge < -0.3 is 5.11 Å². The van der Waals surface area contributed by atoms with Crippen molar-refractivity contribution in [2.45, 2.75) is 31.2 Å². The van der Waals surface area contributed by atoms with Crippen LogP contribution in [-0.2, 0) is 14.3 Å². The van der Waals surface area contributed by atoms with Crippen molar-refractivity contribution >= 4 is 16.2 Å². The Hall–Kier alpha value is -1.03. The summed E-state index contributed by atoms with van der Waals surface area (Å²) in [5, 5.41) is 8.66. The lowest BCUT2D eigenvalue weighted by Gasteiger charge is -2.37. The minimum atomic E-state index is -4.75. The molecule has 0 saturated carbocycles. The van der Waals surface area contributed by atoms with Crippen LogP contribution < -0.4 is 0 Å². The van der Waals surface area contributed by atoms with E-state index in [4.69, 9.17) is 5.11 Å². The molecule has 2 atom stereocenters. The van der Waals surface area contributed by atoms with E-state index in [1.807, 2.05) is 0 Å². The molecular formula is C8H12F3NO5S. The first-order valence-electron chi connectivity index (χ1n) is 4.95. The van der Waals surface area contributed by atoms with Gasteiger partial charge in [-0.3, -0.25) is 9.08 Å². The number of amides is 1. The monoisotopic (exact) mass is 291 g/mol. The zero-order valence-electron chi connectivity index (χ0n) is 9.35. The van der Waals surface area contributed by atoms with Crippen LogP contribution in [0.1, 0.15) is 12.8 Å². The van der Waals surface area contributed by atoms with Crippen molar-refractivity contribution in [3.63, 3.8) is 0 Å². The molecule has 6 nitrogen and oxygen atoms in total. The van der Waals surface area contributed by atoms with Gasteiger partial charge in [-0.05, 0) is 6.42 Å². The Morgan fingerprint density at radius 2 is 2.00 bits per heavy atom. The van der Waals surface area contributed by atoms with E-state index < -0.39 is 47.5 Å². The summed E-state index contributed by atoms with van der Waals surface area (Å²) in [5.74, 6) is 0. The Balaban J connectivity index is 2.83. The normalized spacial score (nSPS) is 26.1. The lowest BCUT2D eigenvalue weighted by molar-refractivity contribution is -0.191. The molecule has 10 heteroatoms. The molecule has 106 valence electrons. The smallest absolute Gasteiger partial charge is 0.409 e. The number of alkyl halides is 3. The van der Waals surface area contributed by atoms with E-state index in [9.17, 15) is 26.4 Å². The lowest BCUT2D eigenvalue weighted by Crippen LogP contribution is -2.54. The first-order valence-corrected chi connectivity index (χ1v) is 6.77. The number of likely N-dealkylation sites (tertiary alicyclic amines) is 1. The summed E-state index contributed by atoms with van der Waals surface area (Å²) >= 11 is 0. The predicted octanol–water partition coefficient (Wildman–Crippen LogP) is 1.04. The molecule has 1 amide bonds. The molecule has 0 aliphatic carbocycles. The van der Waals surface area contributed by atoms with Crippen LogP contribution in [0.25, 0.3) is 0 Å². The maximum atomic E-state index is 12.6. The highest BCUT2D eigenvalue weighted by Gasteiger charge is 2.49. The number of rotatable bonds is 2. The maximum Gasteiger partial charge on any atom is 0.409 e. The quantitative estimate of drug-likeness (QED) is 0.768. The van der Waals surface area contributed by atoms with Gasteiger partial charge >= 0.3 is 12.3 Å². The van der Waals surface area contributed by atoms with Crippen molar-refractivity contribution in [3.05, 3.63) is 0 Å². The van der Waals surface area contributed by atoms with Crippen molar-refractivity contribution in [2.75, 3.05) is 12.8 Å². The maximum absolute atomic E-state index is 12.6. The van der Waals surface area contributed by atoms with Crippen LogP contribution in [0.15, 0.2) is 0 Å². The zero-order valence-corrected chi connectivity index (χ0v) is 10.2. The average Bonchev–Trinajstić information content (AvgIpc) is 2.13. The topological polar surface area (TPSA) is 83.9 Å². The van der Waals surface area contributed by atoms with Gasteiger partial charge in [-0.25, -0.2) is 4.79 Å². The van der Waals surface area contributed by atoms with E-state index in [1.165, 1.54) is 0 Å². The molecule has 0 aromatic rings.